The van der Waals surface area contributed by atoms with Crippen LogP contribution < -0.4 is 5.32 Å². The lowest BCUT2D eigenvalue weighted by molar-refractivity contribution is 0.357. The zero-order valence-electron chi connectivity index (χ0n) is 12.4. The van der Waals surface area contributed by atoms with Gasteiger partial charge in [0.2, 0.25) is 0 Å². The van der Waals surface area contributed by atoms with Crippen LogP contribution in [0, 0.1) is 0 Å². The van der Waals surface area contributed by atoms with E-state index < -0.39 is 0 Å². The molecule has 1 aromatic rings. The highest BCUT2D eigenvalue weighted by Gasteiger charge is 2.31. The average Bonchev–Trinajstić information content (AvgIpc) is 2.41. The first-order valence-corrected chi connectivity index (χ1v) is 8.58. The lowest BCUT2D eigenvalue weighted by atomic mass is 9.81. The molecule has 2 heteroatoms. The molecule has 1 nitrogen and oxygen atoms in total. The first-order chi connectivity index (χ1) is 9.20. The van der Waals surface area contributed by atoms with Crippen molar-refractivity contribution < 1.29 is 0 Å². The number of nitrogens with one attached hydrogen (secondary N) is 1. The Hall–Kier alpha value is -0.470. The third-order valence-corrected chi connectivity index (χ3v) is 5.39. The van der Waals surface area contributed by atoms with Crippen molar-refractivity contribution in [1.82, 2.24) is 5.32 Å². The van der Waals surface area contributed by atoms with Gasteiger partial charge in [0.1, 0.15) is 0 Å². The maximum Gasteiger partial charge on any atom is 0.0209 e. The van der Waals surface area contributed by atoms with Gasteiger partial charge in [-0.3, -0.25) is 0 Å². The summed E-state index contributed by atoms with van der Waals surface area (Å²) in [6.07, 6.45) is 3.97. The Morgan fingerprint density at radius 2 is 1.95 bits per heavy atom. The van der Waals surface area contributed by atoms with Crippen molar-refractivity contribution >= 4 is 11.8 Å². The summed E-state index contributed by atoms with van der Waals surface area (Å²) in [5.74, 6) is 0.757. The first-order valence-electron chi connectivity index (χ1n) is 7.64. The first kappa shape index (κ1) is 14.9. The lowest BCUT2D eigenvalue weighted by Crippen LogP contribution is -2.42. The molecule has 0 spiro atoms. The summed E-state index contributed by atoms with van der Waals surface area (Å²) in [4.78, 5) is 0. The van der Waals surface area contributed by atoms with Crippen LogP contribution in [-0.2, 0) is 0 Å². The summed E-state index contributed by atoms with van der Waals surface area (Å²) >= 11 is 2.16. The Kier molecular flexibility index (Phi) is 5.77. The molecule has 0 amide bonds. The van der Waals surface area contributed by atoms with Crippen LogP contribution in [0.25, 0.3) is 0 Å². The van der Waals surface area contributed by atoms with E-state index in [-0.39, 0.29) is 0 Å². The fourth-order valence-corrected chi connectivity index (χ4v) is 4.62. The van der Waals surface area contributed by atoms with E-state index in [9.17, 15) is 0 Å². The quantitative estimate of drug-likeness (QED) is 0.854. The number of hydrogen-bond donors (Lipinski definition) is 1. The van der Waals surface area contributed by atoms with Gasteiger partial charge in [0.25, 0.3) is 0 Å². The SMILES string of the molecule is CCNC1CCC(c2ccccc2)CC1SC(C)C. The third-order valence-electron chi connectivity index (χ3n) is 3.98. The van der Waals surface area contributed by atoms with Gasteiger partial charge in [0.15, 0.2) is 0 Å². The predicted octanol–water partition coefficient (Wildman–Crippen LogP) is 4.44. The molecule has 3 unspecified atom stereocenters. The third kappa shape index (κ3) is 4.25. The van der Waals surface area contributed by atoms with Crippen LogP contribution in [-0.4, -0.2) is 23.1 Å². The maximum absolute atomic E-state index is 3.69. The van der Waals surface area contributed by atoms with Crippen molar-refractivity contribution in [2.45, 2.75) is 62.5 Å². The van der Waals surface area contributed by atoms with Gasteiger partial charge in [-0.05, 0) is 42.5 Å². The van der Waals surface area contributed by atoms with Crippen LogP contribution in [0.15, 0.2) is 30.3 Å². The summed E-state index contributed by atoms with van der Waals surface area (Å²) in [5, 5.41) is 5.18. The van der Waals surface area contributed by atoms with Crippen molar-refractivity contribution in [3.63, 3.8) is 0 Å². The molecule has 0 aromatic heterocycles. The van der Waals surface area contributed by atoms with Crippen LogP contribution >= 0.6 is 11.8 Å². The Morgan fingerprint density at radius 1 is 1.21 bits per heavy atom. The molecule has 1 saturated carbocycles. The average molecular weight is 277 g/mol. The fourth-order valence-electron chi connectivity index (χ4n) is 3.15. The summed E-state index contributed by atoms with van der Waals surface area (Å²) < 4.78 is 0. The standard InChI is InChI=1S/C17H27NS/c1-4-18-16-11-10-15(12-17(16)19-13(2)3)14-8-6-5-7-9-14/h5-9,13,15-18H,4,10-12H2,1-3H3. The molecule has 1 fully saturated rings. The smallest absolute Gasteiger partial charge is 0.0209 e. The van der Waals surface area contributed by atoms with Crippen molar-refractivity contribution in [2.24, 2.45) is 0 Å². The molecule has 0 aliphatic heterocycles. The number of thioether (sulfide) groups is 1. The molecule has 1 aliphatic carbocycles. The maximum atomic E-state index is 3.69. The number of hydrogen-bond acceptors (Lipinski definition) is 2. The van der Waals surface area contributed by atoms with Crippen molar-refractivity contribution in [1.29, 1.82) is 0 Å². The molecule has 106 valence electrons. The van der Waals surface area contributed by atoms with Gasteiger partial charge in [-0.25, -0.2) is 0 Å². The second-order valence-corrected chi connectivity index (χ2v) is 7.63. The Morgan fingerprint density at radius 3 is 2.58 bits per heavy atom. The van der Waals surface area contributed by atoms with E-state index in [1.165, 1.54) is 24.8 Å². The topological polar surface area (TPSA) is 12.0 Å². The number of rotatable bonds is 5. The molecule has 19 heavy (non-hydrogen) atoms. The van der Waals surface area contributed by atoms with E-state index in [2.05, 4.69) is 68.2 Å². The van der Waals surface area contributed by atoms with Gasteiger partial charge >= 0.3 is 0 Å². The van der Waals surface area contributed by atoms with E-state index in [0.717, 1.165) is 23.0 Å². The van der Waals surface area contributed by atoms with E-state index in [1.54, 1.807) is 0 Å². The van der Waals surface area contributed by atoms with Crippen LogP contribution in [0.5, 0.6) is 0 Å². The van der Waals surface area contributed by atoms with Gasteiger partial charge in [0.05, 0.1) is 0 Å². The normalized spacial score (nSPS) is 27.7. The molecular weight excluding hydrogens is 250 g/mol. The molecule has 1 aromatic carbocycles. The van der Waals surface area contributed by atoms with Crippen molar-refractivity contribution in [3.05, 3.63) is 35.9 Å². The Balaban J connectivity index is 2.03. The fraction of sp³-hybridized carbons (Fsp3) is 0.647. The van der Waals surface area contributed by atoms with Gasteiger partial charge < -0.3 is 5.32 Å². The van der Waals surface area contributed by atoms with Gasteiger partial charge in [-0.1, -0.05) is 51.1 Å². The van der Waals surface area contributed by atoms with Crippen LogP contribution in [0.1, 0.15) is 51.5 Å². The predicted molar refractivity (Wildman–Crippen MR) is 87.0 cm³/mol. The van der Waals surface area contributed by atoms with E-state index in [1.807, 2.05) is 0 Å². The van der Waals surface area contributed by atoms with Gasteiger partial charge in [-0.15, -0.1) is 0 Å². The zero-order chi connectivity index (χ0) is 13.7. The zero-order valence-corrected chi connectivity index (χ0v) is 13.2. The molecule has 1 aliphatic rings. The largest absolute Gasteiger partial charge is 0.313 e. The highest BCUT2D eigenvalue weighted by atomic mass is 32.2. The van der Waals surface area contributed by atoms with Crippen molar-refractivity contribution in [3.8, 4) is 0 Å². The summed E-state index contributed by atoms with van der Waals surface area (Å²) in [6, 6.07) is 11.8. The van der Waals surface area contributed by atoms with Crippen molar-refractivity contribution in [2.75, 3.05) is 6.54 Å². The minimum absolute atomic E-state index is 0.706. The van der Waals surface area contributed by atoms with Crippen LogP contribution in [0.4, 0.5) is 0 Å². The minimum Gasteiger partial charge on any atom is -0.313 e. The second kappa shape index (κ2) is 7.35. The second-order valence-electron chi connectivity index (χ2n) is 5.81. The highest BCUT2D eigenvalue weighted by molar-refractivity contribution is 8.00. The molecule has 0 radical (unpaired) electrons. The molecule has 3 atom stereocenters. The molecule has 2 rings (SSSR count). The van der Waals surface area contributed by atoms with Crippen LogP contribution in [0.2, 0.25) is 0 Å². The summed E-state index contributed by atoms with van der Waals surface area (Å²) in [6.45, 7) is 7.95. The van der Waals surface area contributed by atoms with Crippen LogP contribution in [0.3, 0.4) is 0 Å². The lowest BCUT2D eigenvalue weighted by Gasteiger charge is -2.37. The molecule has 0 heterocycles. The Labute approximate surface area is 122 Å². The number of benzene rings is 1. The molecule has 0 saturated heterocycles. The van der Waals surface area contributed by atoms with E-state index >= 15 is 0 Å². The summed E-state index contributed by atoms with van der Waals surface area (Å²) in [5.41, 5.74) is 1.53. The minimum atomic E-state index is 0.706. The van der Waals surface area contributed by atoms with E-state index in [0.29, 0.717) is 6.04 Å². The van der Waals surface area contributed by atoms with Gasteiger partial charge in [0, 0.05) is 11.3 Å². The molecule has 1 N–H and O–H groups in total. The summed E-state index contributed by atoms with van der Waals surface area (Å²) in [7, 11) is 0. The van der Waals surface area contributed by atoms with E-state index in [4.69, 9.17) is 0 Å². The Bertz CT molecular complexity index is 363. The van der Waals surface area contributed by atoms with Gasteiger partial charge in [-0.2, -0.15) is 11.8 Å². The molecular formula is C17H27NS. The molecule has 0 bridgehead atoms. The monoisotopic (exact) mass is 277 g/mol. The highest BCUT2D eigenvalue weighted by Crippen LogP contribution is 2.39.